The fourth-order valence-corrected chi connectivity index (χ4v) is 2.22. The van der Waals surface area contributed by atoms with Crippen molar-refractivity contribution in [1.29, 1.82) is 0 Å². The molecule has 122 valence electrons. The Kier molecular flexibility index (Phi) is 7.48. The summed E-state index contributed by atoms with van der Waals surface area (Å²) >= 11 is 11.9. The van der Waals surface area contributed by atoms with Crippen LogP contribution in [-0.4, -0.2) is 44.6 Å². The molecule has 1 N–H and O–H groups in total. The summed E-state index contributed by atoms with van der Waals surface area (Å²) in [6.45, 7) is 2.86. The van der Waals surface area contributed by atoms with Crippen LogP contribution in [0.4, 0.5) is 0 Å². The van der Waals surface area contributed by atoms with E-state index in [4.69, 9.17) is 27.9 Å². The van der Waals surface area contributed by atoms with Gasteiger partial charge in [0.15, 0.2) is 5.96 Å². The fraction of sp³-hybridized carbons (Fsp3) is 0.467. The number of carbonyl (C=O) groups is 1. The van der Waals surface area contributed by atoms with Crippen LogP contribution in [0.15, 0.2) is 23.2 Å². The van der Waals surface area contributed by atoms with Gasteiger partial charge in [0.05, 0.1) is 23.1 Å². The number of nitrogens with zero attached hydrogens (tertiary/aromatic N) is 2. The number of esters is 1. The number of ether oxygens (including phenoxy) is 1. The third kappa shape index (κ3) is 5.39. The number of carbonyl (C=O) groups excluding carboxylic acids is 1. The second-order valence-corrected chi connectivity index (χ2v) is 5.77. The Bertz CT molecular complexity index is 550. The van der Waals surface area contributed by atoms with Crippen LogP contribution < -0.4 is 5.32 Å². The first kappa shape index (κ1) is 18.6. The number of rotatable bonds is 5. The molecule has 1 rings (SSSR count). The zero-order valence-corrected chi connectivity index (χ0v) is 14.7. The minimum absolute atomic E-state index is 0.250. The molecule has 0 saturated carbocycles. The van der Waals surface area contributed by atoms with E-state index in [2.05, 4.69) is 10.3 Å². The number of aliphatic imine (C=N–C) groups is 1. The van der Waals surface area contributed by atoms with Gasteiger partial charge in [-0.05, 0) is 17.7 Å². The summed E-state index contributed by atoms with van der Waals surface area (Å²) in [7, 11) is 4.97. The van der Waals surface area contributed by atoms with E-state index in [1.807, 2.05) is 24.1 Å². The summed E-state index contributed by atoms with van der Waals surface area (Å²) in [6.07, 6.45) is 0. The summed E-state index contributed by atoms with van der Waals surface area (Å²) < 4.78 is 4.70. The van der Waals surface area contributed by atoms with Gasteiger partial charge in [-0.1, -0.05) is 36.2 Å². The smallest absolute Gasteiger partial charge is 0.310 e. The number of halogens is 2. The van der Waals surface area contributed by atoms with Crippen molar-refractivity contribution < 1.29 is 9.53 Å². The number of benzene rings is 1. The predicted octanol–water partition coefficient (Wildman–Crippen LogP) is 2.81. The molecule has 1 aromatic carbocycles. The first-order valence-corrected chi connectivity index (χ1v) is 7.58. The lowest BCUT2D eigenvalue weighted by Gasteiger charge is -2.23. The summed E-state index contributed by atoms with van der Waals surface area (Å²) in [5.74, 6) is 0.178. The molecule has 0 aliphatic heterocycles. The molecule has 1 unspecified atom stereocenters. The molecule has 22 heavy (non-hydrogen) atoms. The minimum Gasteiger partial charge on any atom is -0.469 e. The zero-order chi connectivity index (χ0) is 16.7. The van der Waals surface area contributed by atoms with Crippen LogP contribution in [0.2, 0.25) is 10.0 Å². The lowest BCUT2D eigenvalue weighted by molar-refractivity contribution is -0.144. The van der Waals surface area contributed by atoms with Crippen molar-refractivity contribution in [2.45, 2.75) is 13.5 Å². The average Bonchev–Trinajstić information content (AvgIpc) is 2.50. The van der Waals surface area contributed by atoms with E-state index in [-0.39, 0.29) is 11.9 Å². The molecule has 0 aliphatic rings. The molecule has 0 aromatic heterocycles. The van der Waals surface area contributed by atoms with E-state index in [0.717, 1.165) is 5.56 Å². The van der Waals surface area contributed by atoms with Crippen molar-refractivity contribution in [2.24, 2.45) is 10.9 Å². The Morgan fingerprint density at radius 3 is 2.64 bits per heavy atom. The molecule has 0 fully saturated rings. The molecule has 0 spiro atoms. The second-order valence-electron chi connectivity index (χ2n) is 4.96. The van der Waals surface area contributed by atoms with E-state index >= 15 is 0 Å². The largest absolute Gasteiger partial charge is 0.469 e. The predicted molar refractivity (Wildman–Crippen MR) is 90.5 cm³/mol. The minimum atomic E-state index is -0.255. The van der Waals surface area contributed by atoms with Crippen LogP contribution in [0.1, 0.15) is 12.5 Å². The van der Waals surface area contributed by atoms with E-state index in [9.17, 15) is 4.79 Å². The average molecular weight is 346 g/mol. The summed E-state index contributed by atoms with van der Waals surface area (Å²) in [5.41, 5.74) is 1.01. The van der Waals surface area contributed by atoms with Gasteiger partial charge in [-0.3, -0.25) is 9.79 Å². The molecular formula is C15H21Cl2N3O2. The summed E-state index contributed by atoms with van der Waals surface area (Å²) in [4.78, 5) is 17.5. The van der Waals surface area contributed by atoms with E-state index in [0.29, 0.717) is 29.1 Å². The van der Waals surface area contributed by atoms with Crippen molar-refractivity contribution in [3.63, 3.8) is 0 Å². The highest BCUT2D eigenvalue weighted by molar-refractivity contribution is 6.42. The van der Waals surface area contributed by atoms with Gasteiger partial charge >= 0.3 is 5.97 Å². The van der Waals surface area contributed by atoms with Gasteiger partial charge in [0.25, 0.3) is 0 Å². The maximum Gasteiger partial charge on any atom is 0.310 e. The van der Waals surface area contributed by atoms with Crippen molar-refractivity contribution in [3.8, 4) is 0 Å². The Morgan fingerprint density at radius 1 is 1.41 bits per heavy atom. The van der Waals surface area contributed by atoms with E-state index in [1.165, 1.54) is 7.11 Å². The molecule has 0 radical (unpaired) electrons. The van der Waals surface area contributed by atoms with Gasteiger partial charge in [-0.25, -0.2) is 0 Å². The molecule has 0 saturated heterocycles. The summed E-state index contributed by atoms with van der Waals surface area (Å²) in [5, 5.41) is 4.20. The van der Waals surface area contributed by atoms with E-state index < -0.39 is 0 Å². The van der Waals surface area contributed by atoms with Crippen LogP contribution in [0, 0.1) is 5.92 Å². The van der Waals surface area contributed by atoms with Gasteiger partial charge in [0, 0.05) is 27.2 Å². The molecule has 1 aromatic rings. The molecular weight excluding hydrogens is 325 g/mol. The van der Waals surface area contributed by atoms with Crippen LogP contribution in [0.25, 0.3) is 0 Å². The highest BCUT2D eigenvalue weighted by Crippen LogP contribution is 2.23. The van der Waals surface area contributed by atoms with E-state index in [1.54, 1.807) is 20.0 Å². The molecule has 1 atom stereocenters. The van der Waals surface area contributed by atoms with Crippen LogP contribution in [-0.2, 0) is 16.1 Å². The SMILES string of the molecule is CN=C(NCC(C)C(=O)OC)N(C)Cc1ccc(Cl)c(Cl)c1. The molecule has 5 nitrogen and oxygen atoms in total. The molecule has 0 bridgehead atoms. The number of methoxy groups -OCH3 is 1. The quantitative estimate of drug-likeness (QED) is 0.506. The number of nitrogens with one attached hydrogen (secondary N) is 1. The zero-order valence-electron chi connectivity index (χ0n) is 13.2. The van der Waals surface area contributed by atoms with Crippen LogP contribution >= 0.6 is 23.2 Å². The lowest BCUT2D eigenvalue weighted by Crippen LogP contribution is -2.41. The first-order chi connectivity index (χ1) is 10.4. The van der Waals surface area contributed by atoms with Gasteiger partial charge in [-0.15, -0.1) is 0 Å². The van der Waals surface area contributed by atoms with Crippen LogP contribution in [0.5, 0.6) is 0 Å². The maximum absolute atomic E-state index is 11.4. The van der Waals surface area contributed by atoms with Gasteiger partial charge in [-0.2, -0.15) is 0 Å². The lowest BCUT2D eigenvalue weighted by atomic mass is 10.2. The van der Waals surface area contributed by atoms with Gasteiger partial charge in [0.2, 0.25) is 0 Å². The Morgan fingerprint density at radius 2 is 2.09 bits per heavy atom. The Balaban J connectivity index is 2.63. The number of hydrogen-bond acceptors (Lipinski definition) is 3. The van der Waals surface area contributed by atoms with Crippen molar-refractivity contribution in [1.82, 2.24) is 10.2 Å². The first-order valence-electron chi connectivity index (χ1n) is 6.82. The molecule has 0 aliphatic carbocycles. The maximum atomic E-state index is 11.4. The fourth-order valence-electron chi connectivity index (χ4n) is 1.90. The van der Waals surface area contributed by atoms with Gasteiger partial charge < -0.3 is 15.0 Å². The number of hydrogen-bond donors (Lipinski definition) is 1. The van der Waals surface area contributed by atoms with Crippen LogP contribution in [0.3, 0.4) is 0 Å². The Hall–Kier alpha value is -1.46. The monoisotopic (exact) mass is 345 g/mol. The Labute approximate surface area is 141 Å². The summed E-state index contributed by atoms with van der Waals surface area (Å²) in [6, 6.07) is 5.50. The van der Waals surface area contributed by atoms with Crippen molar-refractivity contribution in [2.75, 3.05) is 27.7 Å². The van der Waals surface area contributed by atoms with Crippen molar-refractivity contribution >= 4 is 35.1 Å². The topological polar surface area (TPSA) is 53.9 Å². The highest BCUT2D eigenvalue weighted by atomic mass is 35.5. The highest BCUT2D eigenvalue weighted by Gasteiger charge is 2.15. The standard InChI is InChI=1S/C15H21Cl2N3O2/c1-10(14(21)22-4)8-19-15(18-2)20(3)9-11-5-6-12(16)13(17)7-11/h5-7,10H,8-9H2,1-4H3,(H,18,19). The number of guanidine groups is 1. The third-order valence-electron chi connectivity index (χ3n) is 3.15. The van der Waals surface area contributed by atoms with Gasteiger partial charge in [0.1, 0.15) is 0 Å². The normalized spacial score (nSPS) is 12.7. The van der Waals surface area contributed by atoms with Crippen molar-refractivity contribution in [3.05, 3.63) is 33.8 Å². The second kappa shape index (κ2) is 8.86. The molecule has 0 amide bonds. The molecule has 7 heteroatoms. The third-order valence-corrected chi connectivity index (χ3v) is 3.89. The molecule has 0 heterocycles.